The van der Waals surface area contributed by atoms with Crippen LogP contribution in [0.15, 0.2) is 36.4 Å². The Morgan fingerprint density at radius 2 is 0.727 bits per heavy atom. The van der Waals surface area contributed by atoms with Crippen molar-refractivity contribution < 1.29 is 78.4 Å². The minimum atomic E-state index is -1.40. The molecule has 238 valence electrons. The lowest BCUT2D eigenvalue weighted by Crippen LogP contribution is -2.35. The first-order valence-electron chi connectivity index (χ1n) is 12.4. The van der Waals surface area contributed by atoms with Crippen LogP contribution >= 0.6 is 0 Å². The Labute approximate surface area is 247 Å². The fourth-order valence-corrected chi connectivity index (χ4v) is 3.76. The summed E-state index contributed by atoms with van der Waals surface area (Å²) in [7, 11) is 0. The summed E-state index contributed by atoms with van der Waals surface area (Å²) in [5.74, 6) is -8.90. The average Bonchev–Trinajstić information content (AvgIpc) is 2.91. The van der Waals surface area contributed by atoms with Crippen LogP contribution in [0.5, 0.6) is 23.0 Å². The second-order valence-electron chi connectivity index (χ2n) is 8.55. The zero-order chi connectivity index (χ0) is 32.8. The molecule has 0 aliphatic heterocycles. The van der Waals surface area contributed by atoms with Crippen molar-refractivity contribution >= 4 is 47.2 Å². The molecule has 0 saturated heterocycles. The zero-order valence-corrected chi connectivity index (χ0v) is 22.8. The summed E-state index contributed by atoms with van der Waals surface area (Å²) < 4.78 is 21.8. The van der Waals surface area contributed by atoms with Gasteiger partial charge in [-0.25, -0.2) is 9.59 Å². The van der Waals surface area contributed by atoms with Crippen molar-refractivity contribution in [2.75, 3.05) is 62.4 Å². The van der Waals surface area contributed by atoms with E-state index >= 15 is 0 Å². The molecule has 6 N–H and O–H groups in total. The summed E-state index contributed by atoms with van der Waals surface area (Å²) in [5, 5.41) is 55.3. The molecule has 0 saturated carbocycles. The van der Waals surface area contributed by atoms with E-state index in [0.29, 0.717) is 0 Å². The molecule has 0 atom stereocenters. The van der Waals surface area contributed by atoms with E-state index < -0.39 is 75.2 Å². The molecule has 0 bridgehead atoms. The number of carboxylic acids is 6. The molecule has 0 spiro atoms. The molecule has 0 radical (unpaired) electrons. The first-order chi connectivity index (χ1) is 20.8. The summed E-state index contributed by atoms with van der Waals surface area (Å²) in [5.41, 5.74) is -0.338. The van der Waals surface area contributed by atoms with Crippen LogP contribution in [0.1, 0.15) is 0 Å². The summed E-state index contributed by atoms with van der Waals surface area (Å²) in [4.78, 5) is 69.7. The van der Waals surface area contributed by atoms with Crippen LogP contribution in [0.2, 0.25) is 0 Å². The number of anilines is 2. The Balaban J connectivity index is 2.39. The van der Waals surface area contributed by atoms with Crippen LogP contribution < -0.4 is 28.7 Å². The van der Waals surface area contributed by atoms with Gasteiger partial charge in [-0.1, -0.05) is 12.1 Å². The Bertz CT molecular complexity index is 1240. The smallest absolute Gasteiger partial charge is 0.341 e. The number of para-hydroxylation sites is 2. The van der Waals surface area contributed by atoms with Gasteiger partial charge >= 0.3 is 35.8 Å². The second kappa shape index (κ2) is 16.5. The van der Waals surface area contributed by atoms with Crippen LogP contribution in [-0.2, 0) is 28.8 Å². The first-order valence-corrected chi connectivity index (χ1v) is 12.4. The summed E-state index contributed by atoms with van der Waals surface area (Å²) in [6.45, 7) is -5.57. The number of aliphatic carboxylic acids is 6. The van der Waals surface area contributed by atoms with Crippen molar-refractivity contribution in [3.05, 3.63) is 36.4 Å². The fraction of sp³-hybridized carbons (Fsp3) is 0.308. The maximum atomic E-state index is 11.5. The number of benzene rings is 2. The Morgan fingerprint density at radius 3 is 0.977 bits per heavy atom. The molecular formula is C26H28N2O16. The third-order valence-electron chi connectivity index (χ3n) is 5.16. The molecule has 0 amide bonds. The van der Waals surface area contributed by atoms with Crippen molar-refractivity contribution in [2.45, 2.75) is 0 Å². The normalized spacial score (nSPS) is 10.3. The Morgan fingerprint density at radius 1 is 0.455 bits per heavy atom. The first kappa shape index (κ1) is 34.3. The summed E-state index contributed by atoms with van der Waals surface area (Å²) in [6.07, 6.45) is 0. The van der Waals surface area contributed by atoms with Gasteiger partial charge < -0.3 is 59.4 Å². The predicted molar refractivity (Wildman–Crippen MR) is 145 cm³/mol. The van der Waals surface area contributed by atoms with E-state index in [9.17, 15) is 49.2 Å². The SMILES string of the molecule is O=C(O)COc1cccc(OCCOc2cccc(OCC(=O)O)c2N(CC(=O)O)CC(=O)O)c1N(CC(=O)O)CC(=O)O. The topological polar surface area (TPSA) is 267 Å². The maximum absolute atomic E-state index is 11.5. The van der Waals surface area contributed by atoms with Crippen molar-refractivity contribution in [1.29, 1.82) is 0 Å². The van der Waals surface area contributed by atoms with E-state index in [1.807, 2.05) is 0 Å². The van der Waals surface area contributed by atoms with Crippen molar-refractivity contribution in [2.24, 2.45) is 0 Å². The van der Waals surface area contributed by atoms with Gasteiger partial charge in [-0.3, -0.25) is 19.2 Å². The molecule has 0 heterocycles. The molecule has 2 aromatic rings. The molecule has 0 aliphatic carbocycles. The third kappa shape index (κ3) is 11.1. The summed E-state index contributed by atoms with van der Waals surface area (Å²) >= 11 is 0. The molecule has 2 rings (SSSR count). The van der Waals surface area contributed by atoms with Gasteiger partial charge in [-0.15, -0.1) is 0 Å². The molecule has 0 aromatic heterocycles. The number of hydrogen-bond acceptors (Lipinski definition) is 12. The quantitative estimate of drug-likeness (QED) is 0.0999. The molecular weight excluding hydrogens is 596 g/mol. The van der Waals surface area contributed by atoms with Gasteiger partial charge in [-0.05, 0) is 24.3 Å². The fourth-order valence-electron chi connectivity index (χ4n) is 3.76. The lowest BCUT2D eigenvalue weighted by Gasteiger charge is -2.26. The highest BCUT2D eigenvalue weighted by Crippen LogP contribution is 2.39. The molecule has 0 unspecified atom stereocenters. The number of carboxylic acid groups (broad SMARTS) is 6. The minimum Gasteiger partial charge on any atom is -0.488 e. The average molecular weight is 625 g/mol. The standard InChI is InChI=1S/C26H28N2O16/c29-19(30)9-27(10-20(31)32)25-15(3-1-5-17(25)43-13-23(37)38)41-7-8-42-16-4-2-6-18(44-14-24(39)40)26(16)28(11-21(33)34)12-22(35)36/h1-6H,7-14H2,(H,29,30)(H,31,32)(H,33,34)(H,35,36)(H,37,38)(H,39,40). The number of hydrogen-bond donors (Lipinski definition) is 6. The lowest BCUT2D eigenvalue weighted by atomic mass is 10.2. The van der Waals surface area contributed by atoms with Crippen molar-refractivity contribution in [3.63, 3.8) is 0 Å². The van der Waals surface area contributed by atoms with Gasteiger partial charge in [0.15, 0.2) is 13.2 Å². The molecule has 44 heavy (non-hydrogen) atoms. The van der Waals surface area contributed by atoms with Crippen molar-refractivity contribution in [3.8, 4) is 23.0 Å². The highest BCUT2D eigenvalue weighted by atomic mass is 16.5. The van der Waals surface area contributed by atoms with E-state index in [1.165, 1.54) is 36.4 Å². The van der Waals surface area contributed by atoms with E-state index in [-0.39, 0.29) is 47.6 Å². The number of nitrogens with zero attached hydrogens (tertiary/aromatic N) is 2. The van der Waals surface area contributed by atoms with Crippen LogP contribution in [0.25, 0.3) is 0 Å². The molecule has 2 aromatic carbocycles. The zero-order valence-electron chi connectivity index (χ0n) is 22.8. The number of ether oxygens (including phenoxy) is 4. The molecule has 18 heteroatoms. The van der Waals surface area contributed by atoms with E-state index in [1.54, 1.807) is 0 Å². The highest BCUT2D eigenvalue weighted by molar-refractivity contribution is 5.84. The minimum absolute atomic E-state index is 0.101. The summed E-state index contributed by atoms with van der Waals surface area (Å²) in [6, 6.07) is 8.01. The molecule has 0 aliphatic rings. The van der Waals surface area contributed by atoms with Crippen LogP contribution in [-0.4, -0.2) is 119 Å². The Hall–Kier alpha value is -5.94. The lowest BCUT2D eigenvalue weighted by molar-refractivity contribution is -0.140. The molecule has 18 nitrogen and oxygen atoms in total. The predicted octanol–water partition coefficient (Wildman–Crippen LogP) is 0.0224. The number of rotatable bonds is 21. The van der Waals surface area contributed by atoms with Crippen LogP contribution in [0.3, 0.4) is 0 Å². The Kier molecular flexibility index (Phi) is 12.8. The van der Waals surface area contributed by atoms with Crippen molar-refractivity contribution in [1.82, 2.24) is 0 Å². The van der Waals surface area contributed by atoms with Crippen LogP contribution in [0.4, 0.5) is 11.4 Å². The van der Waals surface area contributed by atoms with E-state index in [2.05, 4.69) is 0 Å². The van der Waals surface area contributed by atoms with Gasteiger partial charge in [-0.2, -0.15) is 0 Å². The monoisotopic (exact) mass is 624 g/mol. The van der Waals surface area contributed by atoms with Gasteiger partial charge in [0.25, 0.3) is 0 Å². The molecule has 0 fully saturated rings. The highest BCUT2D eigenvalue weighted by Gasteiger charge is 2.25. The van der Waals surface area contributed by atoms with Gasteiger partial charge in [0.1, 0.15) is 73.8 Å². The van der Waals surface area contributed by atoms with E-state index in [4.69, 9.17) is 29.2 Å². The van der Waals surface area contributed by atoms with E-state index in [0.717, 1.165) is 9.80 Å². The third-order valence-corrected chi connectivity index (χ3v) is 5.16. The number of carbonyl (C=O) groups is 6. The second-order valence-corrected chi connectivity index (χ2v) is 8.55. The van der Waals surface area contributed by atoms with Crippen LogP contribution in [0, 0.1) is 0 Å². The van der Waals surface area contributed by atoms with Gasteiger partial charge in [0.05, 0.1) is 0 Å². The largest absolute Gasteiger partial charge is 0.488 e. The van der Waals surface area contributed by atoms with Gasteiger partial charge in [0, 0.05) is 0 Å². The maximum Gasteiger partial charge on any atom is 0.341 e. The van der Waals surface area contributed by atoms with Gasteiger partial charge in [0.2, 0.25) is 0 Å².